The summed E-state index contributed by atoms with van der Waals surface area (Å²) in [5, 5.41) is 7.20. The molecule has 6 heteroatoms. The number of rotatable bonds is 9. The van der Waals surface area contributed by atoms with Gasteiger partial charge in [-0.15, -0.1) is 0 Å². The largest absolute Gasteiger partial charge is 0.463 e. The molecule has 0 fully saturated rings. The minimum absolute atomic E-state index is 0.0834. The molecule has 0 saturated heterocycles. The smallest absolute Gasteiger partial charge is 0.305 e. The maximum absolute atomic E-state index is 12.6. The molecule has 2 aromatic rings. The monoisotopic (exact) mass is 359 g/mol. The number of nitrogens with one attached hydrogen (secondary N) is 3. The summed E-state index contributed by atoms with van der Waals surface area (Å²) >= 11 is 0. The summed E-state index contributed by atoms with van der Waals surface area (Å²) in [5.74, 6) is -0.191. The number of hydrogen-bond donors (Lipinski definition) is 3. The summed E-state index contributed by atoms with van der Waals surface area (Å²) in [6.45, 7) is 5.90. The first-order valence-corrected chi connectivity index (χ1v) is 9.14. The Labute approximate surface area is 154 Å². The van der Waals surface area contributed by atoms with E-state index in [4.69, 9.17) is 4.74 Å². The summed E-state index contributed by atoms with van der Waals surface area (Å²) in [6.07, 6.45) is 2.85. The predicted molar refractivity (Wildman–Crippen MR) is 103 cm³/mol. The van der Waals surface area contributed by atoms with Gasteiger partial charge in [-0.05, 0) is 31.0 Å². The Morgan fingerprint density at radius 3 is 2.62 bits per heavy atom. The maximum Gasteiger partial charge on any atom is 0.305 e. The molecule has 3 N–H and O–H groups in total. The number of hydrogen-bond acceptors (Lipinski definition) is 4. The molecule has 26 heavy (non-hydrogen) atoms. The number of aromatic amines is 1. The molecule has 2 rings (SSSR count). The van der Waals surface area contributed by atoms with Gasteiger partial charge < -0.3 is 20.4 Å². The van der Waals surface area contributed by atoms with Crippen LogP contribution in [0.25, 0.3) is 10.9 Å². The highest BCUT2D eigenvalue weighted by Gasteiger charge is 2.24. The van der Waals surface area contributed by atoms with E-state index in [9.17, 15) is 9.59 Å². The normalized spacial score (nSPS) is 13.6. The van der Waals surface area contributed by atoms with Crippen LogP contribution in [0.3, 0.4) is 0 Å². The Morgan fingerprint density at radius 2 is 1.96 bits per heavy atom. The average molecular weight is 359 g/mol. The van der Waals surface area contributed by atoms with Crippen molar-refractivity contribution in [2.75, 3.05) is 13.7 Å². The number of esters is 1. The van der Waals surface area contributed by atoms with E-state index in [-0.39, 0.29) is 36.5 Å². The number of likely N-dealkylation sites (N-methyl/N-ethyl adjacent to an activating group) is 1. The molecule has 1 heterocycles. The second-order valence-corrected chi connectivity index (χ2v) is 6.82. The molecule has 0 radical (unpaired) electrons. The van der Waals surface area contributed by atoms with Gasteiger partial charge in [-0.25, -0.2) is 0 Å². The molecule has 0 aliphatic rings. The Balaban J connectivity index is 2.14. The Hall–Kier alpha value is -2.34. The maximum atomic E-state index is 12.6. The highest BCUT2D eigenvalue weighted by atomic mass is 16.5. The number of carbonyl (C=O) groups excluding carboxylic acids is 2. The molecule has 0 saturated carbocycles. The number of amides is 1. The van der Waals surface area contributed by atoms with Crippen LogP contribution >= 0.6 is 0 Å². The first-order valence-electron chi connectivity index (χ1n) is 9.14. The van der Waals surface area contributed by atoms with Gasteiger partial charge in [0.2, 0.25) is 5.91 Å². The molecular formula is C20H29N3O3. The summed E-state index contributed by atoms with van der Waals surface area (Å²) in [5.41, 5.74) is 2.14. The van der Waals surface area contributed by atoms with Gasteiger partial charge in [-0.3, -0.25) is 9.59 Å². The van der Waals surface area contributed by atoms with Crippen LogP contribution in [0.4, 0.5) is 0 Å². The van der Waals surface area contributed by atoms with Gasteiger partial charge in [0.05, 0.1) is 12.1 Å². The molecule has 142 valence electrons. The first kappa shape index (κ1) is 20.0. The van der Waals surface area contributed by atoms with E-state index in [0.29, 0.717) is 12.8 Å². The van der Waals surface area contributed by atoms with Crippen molar-refractivity contribution in [3.05, 3.63) is 36.0 Å². The molecular weight excluding hydrogens is 330 g/mol. The van der Waals surface area contributed by atoms with Gasteiger partial charge in [0.25, 0.3) is 0 Å². The van der Waals surface area contributed by atoms with Crippen LogP contribution in [0, 0.1) is 5.92 Å². The summed E-state index contributed by atoms with van der Waals surface area (Å²) < 4.78 is 5.30. The Bertz CT molecular complexity index is 739. The Morgan fingerprint density at radius 1 is 1.23 bits per heavy atom. The number of aromatic nitrogens is 1. The number of fused-ring (bicyclic) bond motifs is 1. The van der Waals surface area contributed by atoms with Crippen LogP contribution in [0.2, 0.25) is 0 Å². The molecule has 1 amide bonds. The fourth-order valence-electron chi connectivity index (χ4n) is 3.07. The predicted octanol–water partition coefficient (Wildman–Crippen LogP) is 2.39. The van der Waals surface area contributed by atoms with E-state index < -0.39 is 0 Å². The van der Waals surface area contributed by atoms with Crippen molar-refractivity contribution in [2.24, 2.45) is 5.92 Å². The summed E-state index contributed by atoms with van der Waals surface area (Å²) in [6, 6.07) is 7.45. The molecule has 0 aliphatic carbocycles. The lowest BCUT2D eigenvalue weighted by Crippen LogP contribution is -2.51. The highest BCUT2D eigenvalue weighted by molar-refractivity contribution is 5.84. The van der Waals surface area contributed by atoms with E-state index in [2.05, 4.69) is 15.6 Å². The third-order valence-electron chi connectivity index (χ3n) is 4.48. The lowest BCUT2D eigenvalue weighted by molar-refractivity contribution is -0.144. The number of H-pyrrole nitrogens is 1. The summed E-state index contributed by atoms with van der Waals surface area (Å²) in [4.78, 5) is 27.4. The van der Waals surface area contributed by atoms with E-state index in [1.165, 1.54) is 0 Å². The molecule has 0 bridgehead atoms. The minimum Gasteiger partial charge on any atom is -0.463 e. The van der Waals surface area contributed by atoms with E-state index in [0.717, 1.165) is 16.5 Å². The van der Waals surface area contributed by atoms with Crippen LogP contribution in [0.15, 0.2) is 30.5 Å². The van der Waals surface area contributed by atoms with E-state index in [1.54, 1.807) is 14.0 Å². The highest BCUT2D eigenvalue weighted by Crippen LogP contribution is 2.19. The molecule has 6 nitrogen and oxygen atoms in total. The van der Waals surface area contributed by atoms with Crippen LogP contribution < -0.4 is 10.6 Å². The fourth-order valence-corrected chi connectivity index (χ4v) is 3.07. The van der Waals surface area contributed by atoms with Crippen LogP contribution in [0.1, 0.15) is 32.8 Å². The molecule has 0 spiro atoms. The van der Waals surface area contributed by atoms with Crippen molar-refractivity contribution in [3.63, 3.8) is 0 Å². The average Bonchev–Trinajstić information content (AvgIpc) is 3.02. The van der Waals surface area contributed by atoms with Crippen molar-refractivity contribution in [1.29, 1.82) is 0 Å². The standard InChI is InChI=1S/C20H29N3O3/c1-5-18(24)26-12-15(23-20(25)19(21-4)13(2)3)10-14-11-22-17-9-7-6-8-16(14)17/h6-9,11,13,15,19,21-22H,5,10,12H2,1-4H3,(H,23,25)/t15-,19-/m0/s1. The van der Waals surface area contributed by atoms with Gasteiger partial charge in [-0.1, -0.05) is 39.0 Å². The number of ether oxygens (including phenoxy) is 1. The quantitative estimate of drug-likeness (QED) is 0.600. The van der Waals surface area contributed by atoms with Crippen molar-refractivity contribution in [1.82, 2.24) is 15.6 Å². The topological polar surface area (TPSA) is 83.2 Å². The van der Waals surface area contributed by atoms with Gasteiger partial charge in [-0.2, -0.15) is 0 Å². The number of carbonyl (C=O) groups is 2. The number of para-hydroxylation sites is 1. The van der Waals surface area contributed by atoms with Crippen molar-refractivity contribution in [3.8, 4) is 0 Å². The zero-order valence-corrected chi connectivity index (χ0v) is 16.0. The zero-order chi connectivity index (χ0) is 19.1. The third-order valence-corrected chi connectivity index (χ3v) is 4.48. The van der Waals surface area contributed by atoms with Crippen LogP contribution in [-0.4, -0.2) is 42.6 Å². The van der Waals surface area contributed by atoms with E-state index in [1.807, 2.05) is 44.3 Å². The number of benzene rings is 1. The molecule has 1 aromatic carbocycles. The minimum atomic E-state index is -0.289. The van der Waals surface area contributed by atoms with E-state index >= 15 is 0 Å². The van der Waals surface area contributed by atoms with Crippen molar-refractivity contribution in [2.45, 2.75) is 45.7 Å². The third kappa shape index (κ3) is 5.08. The lowest BCUT2D eigenvalue weighted by Gasteiger charge is -2.24. The zero-order valence-electron chi connectivity index (χ0n) is 16.0. The Kier molecular flexibility index (Phi) is 7.21. The second-order valence-electron chi connectivity index (χ2n) is 6.82. The first-order chi connectivity index (χ1) is 12.5. The molecule has 2 atom stereocenters. The fraction of sp³-hybridized carbons (Fsp3) is 0.500. The van der Waals surface area contributed by atoms with Gasteiger partial charge in [0.1, 0.15) is 6.61 Å². The van der Waals surface area contributed by atoms with Gasteiger partial charge >= 0.3 is 5.97 Å². The SMILES string of the molecule is CCC(=O)OC[C@H](Cc1c[nH]c2ccccc12)NC(=O)[C@@H](NC)C(C)C. The van der Waals surface area contributed by atoms with Crippen molar-refractivity contribution >= 4 is 22.8 Å². The van der Waals surface area contributed by atoms with Crippen LogP contribution in [0.5, 0.6) is 0 Å². The van der Waals surface area contributed by atoms with Crippen LogP contribution in [-0.2, 0) is 20.7 Å². The molecule has 0 unspecified atom stereocenters. The van der Waals surface area contributed by atoms with Gasteiger partial charge in [0.15, 0.2) is 0 Å². The second kappa shape index (κ2) is 9.38. The van der Waals surface area contributed by atoms with Gasteiger partial charge in [0, 0.05) is 23.5 Å². The summed E-state index contributed by atoms with van der Waals surface area (Å²) in [7, 11) is 1.77. The lowest BCUT2D eigenvalue weighted by atomic mass is 10.0. The van der Waals surface area contributed by atoms with Crippen molar-refractivity contribution < 1.29 is 14.3 Å². The molecule has 0 aliphatic heterocycles. The molecule has 1 aromatic heterocycles.